The van der Waals surface area contributed by atoms with Crippen LogP contribution in [0.1, 0.15) is 5.56 Å². The second kappa shape index (κ2) is 11.1. The number of fused-ring (bicyclic) bond motifs is 1. The lowest BCUT2D eigenvalue weighted by atomic mass is 10.1. The molecule has 2 aromatic carbocycles. The summed E-state index contributed by atoms with van der Waals surface area (Å²) < 4.78 is 167. The van der Waals surface area contributed by atoms with E-state index in [0.29, 0.717) is 5.39 Å². The van der Waals surface area contributed by atoms with Gasteiger partial charge < -0.3 is 23.1 Å². The standard InChI is InChI=1S/C20H19F9O7S/c1-32-5-6-34-11-35-10-14-7-12-3-4-15(33-2)8-13(12)9-16(14)36-37(30,31)20(28,29)18(23,24)17(21,22)19(25,26)27/h3-4,7-9H,5-6,10-11H2,1-2H3. The molecule has 0 saturated carbocycles. The highest BCUT2D eigenvalue weighted by molar-refractivity contribution is 7.88. The maximum Gasteiger partial charge on any atom is 0.460 e. The van der Waals surface area contributed by atoms with Gasteiger partial charge >= 0.3 is 33.4 Å². The third kappa shape index (κ3) is 6.15. The second-order valence-electron chi connectivity index (χ2n) is 7.24. The molecule has 2 rings (SSSR count). The Morgan fingerprint density at radius 3 is 2.00 bits per heavy atom. The van der Waals surface area contributed by atoms with Crippen LogP contribution in [0.4, 0.5) is 39.5 Å². The van der Waals surface area contributed by atoms with Crippen molar-refractivity contribution in [1.29, 1.82) is 0 Å². The zero-order chi connectivity index (χ0) is 28.3. The van der Waals surface area contributed by atoms with Crippen LogP contribution in [0.2, 0.25) is 0 Å². The summed E-state index contributed by atoms with van der Waals surface area (Å²) in [5.41, 5.74) is -0.377. The van der Waals surface area contributed by atoms with E-state index in [4.69, 9.17) is 18.9 Å². The van der Waals surface area contributed by atoms with Crippen molar-refractivity contribution in [3.8, 4) is 11.5 Å². The molecule has 0 aliphatic heterocycles. The van der Waals surface area contributed by atoms with Crippen molar-refractivity contribution in [3.63, 3.8) is 0 Å². The number of halogens is 9. The van der Waals surface area contributed by atoms with Crippen molar-refractivity contribution >= 4 is 20.9 Å². The fraction of sp³-hybridized carbons (Fsp3) is 0.500. The van der Waals surface area contributed by atoms with Crippen molar-refractivity contribution in [2.75, 3.05) is 34.2 Å². The van der Waals surface area contributed by atoms with Crippen LogP contribution >= 0.6 is 0 Å². The van der Waals surface area contributed by atoms with E-state index in [0.717, 1.165) is 12.1 Å². The van der Waals surface area contributed by atoms with Crippen molar-refractivity contribution in [2.45, 2.75) is 29.9 Å². The van der Waals surface area contributed by atoms with Gasteiger partial charge in [-0.25, -0.2) is 0 Å². The number of methoxy groups -OCH3 is 2. The molecule has 0 aliphatic carbocycles. The molecule has 0 aliphatic rings. The lowest BCUT2D eigenvalue weighted by Gasteiger charge is -2.32. The summed E-state index contributed by atoms with van der Waals surface area (Å²) in [5, 5.41) is -6.67. The van der Waals surface area contributed by atoms with E-state index < -0.39 is 52.5 Å². The highest BCUT2D eigenvalue weighted by Crippen LogP contribution is 2.55. The number of benzene rings is 2. The summed E-state index contributed by atoms with van der Waals surface area (Å²) in [6.45, 7) is -0.858. The Bertz CT molecular complexity index is 1180. The molecule has 210 valence electrons. The highest BCUT2D eigenvalue weighted by atomic mass is 32.2. The summed E-state index contributed by atoms with van der Waals surface area (Å²) >= 11 is 0. The van der Waals surface area contributed by atoms with Gasteiger partial charge in [0.15, 0.2) is 0 Å². The first kappa shape index (κ1) is 30.7. The molecular weight excluding hydrogens is 555 g/mol. The smallest absolute Gasteiger partial charge is 0.460 e. The van der Waals surface area contributed by atoms with Gasteiger partial charge in [0.1, 0.15) is 18.3 Å². The van der Waals surface area contributed by atoms with Crippen molar-refractivity contribution in [3.05, 3.63) is 35.9 Å². The molecule has 37 heavy (non-hydrogen) atoms. The number of hydrogen-bond donors (Lipinski definition) is 0. The van der Waals surface area contributed by atoms with Gasteiger partial charge in [-0.05, 0) is 35.0 Å². The Balaban J connectivity index is 2.49. The first-order valence-electron chi connectivity index (χ1n) is 9.82. The van der Waals surface area contributed by atoms with Crippen LogP contribution < -0.4 is 8.92 Å². The molecule has 0 spiro atoms. The topological polar surface area (TPSA) is 80.3 Å². The maximum atomic E-state index is 14.2. The van der Waals surface area contributed by atoms with E-state index in [1.54, 1.807) is 0 Å². The Hall–Kier alpha value is -2.50. The molecule has 0 aromatic heterocycles. The summed E-state index contributed by atoms with van der Waals surface area (Å²) in [5.74, 6) is -15.8. The molecule has 2 aromatic rings. The predicted molar refractivity (Wildman–Crippen MR) is 108 cm³/mol. The zero-order valence-corrected chi connectivity index (χ0v) is 19.7. The number of hydrogen-bond acceptors (Lipinski definition) is 7. The molecule has 7 nitrogen and oxygen atoms in total. The molecule has 0 heterocycles. The number of ether oxygens (including phenoxy) is 4. The van der Waals surface area contributed by atoms with Gasteiger partial charge in [0, 0.05) is 12.7 Å². The number of rotatable bonds is 13. The molecule has 0 bridgehead atoms. The van der Waals surface area contributed by atoms with Gasteiger partial charge in [0.2, 0.25) is 0 Å². The van der Waals surface area contributed by atoms with Crippen molar-refractivity contribution in [2.24, 2.45) is 0 Å². The van der Waals surface area contributed by atoms with Crippen LogP contribution in [-0.2, 0) is 30.9 Å². The molecule has 0 fully saturated rings. The van der Waals surface area contributed by atoms with Crippen LogP contribution in [0, 0.1) is 0 Å². The highest BCUT2D eigenvalue weighted by Gasteiger charge is 2.86. The third-order valence-electron chi connectivity index (χ3n) is 4.71. The van der Waals surface area contributed by atoms with E-state index in [2.05, 4.69) is 4.18 Å². The van der Waals surface area contributed by atoms with E-state index >= 15 is 0 Å². The summed E-state index contributed by atoms with van der Waals surface area (Å²) in [4.78, 5) is 0. The lowest BCUT2D eigenvalue weighted by Crippen LogP contribution is -2.63. The average Bonchev–Trinajstić information content (AvgIpc) is 2.79. The first-order chi connectivity index (χ1) is 16.9. The Kier molecular flexibility index (Phi) is 9.20. The predicted octanol–water partition coefficient (Wildman–Crippen LogP) is 5.12. The molecule has 0 unspecified atom stereocenters. The Morgan fingerprint density at radius 2 is 1.43 bits per heavy atom. The third-order valence-corrected chi connectivity index (χ3v) is 6.00. The first-order valence-corrected chi connectivity index (χ1v) is 11.2. The average molecular weight is 574 g/mol. The molecule has 0 radical (unpaired) electrons. The summed E-state index contributed by atoms with van der Waals surface area (Å²) in [6, 6.07) is 5.99. The molecule has 17 heteroatoms. The summed E-state index contributed by atoms with van der Waals surface area (Å²) in [7, 11) is -4.54. The second-order valence-corrected chi connectivity index (χ2v) is 8.83. The SMILES string of the molecule is COCCOCOCc1cc2ccc(OC)cc2cc1OS(=O)(=O)C(F)(F)C(F)(F)C(F)(F)C(F)(F)F. The van der Waals surface area contributed by atoms with Crippen molar-refractivity contribution < 1.29 is 71.1 Å². The minimum absolute atomic E-state index is 0.0420. The van der Waals surface area contributed by atoms with E-state index in [1.807, 2.05) is 0 Å². The lowest BCUT2D eigenvalue weighted by molar-refractivity contribution is -0.382. The Morgan fingerprint density at radius 1 is 0.784 bits per heavy atom. The minimum atomic E-state index is -7.44. The molecule has 0 atom stereocenters. The monoisotopic (exact) mass is 574 g/mol. The minimum Gasteiger partial charge on any atom is -0.497 e. The van der Waals surface area contributed by atoms with E-state index in [9.17, 15) is 47.9 Å². The van der Waals surface area contributed by atoms with E-state index in [-0.39, 0.29) is 29.9 Å². The van der Waals surface area contributed by atoms with Gasteiger partial charge in [-0.3, -0.25) is 0 Å². The number of alkyl halides is 9. The van der Waals surface area contributed by atoms with Crippen LogP contribution in [0.25, 0.3) is 10.8 Å². The van der Waals surface area contributed by atoms with Gasteiger partial charge in [0.05, 0.1) is 26.9 Å². The van der Waals surface area contributed by atoms with Crippen molar-refractivity contribution in [1.82, 2.24) is 0 Å². The largest absolute Gasteiger partial charge is 0.497 e. The fourth-order valence-corrected chi connectivity index (χ4v) is 3.66. The van der Waals surface area contributed by atoms with E-state index in [1.165, 1.54) is 32.4 Å². The molecular formula is C20H19F9O7S. The van der Waals surface area contributed by atoms with Crippen LogP contribution in [-0.4, -0.2) is 65.9 Å². The van der Waals surface area contributed by atoms with Gasteiger partial charge in [-0.1, -0.05) is 6.07 Å². The van der Waals surface area contributed by atoms with Gasteiger partial charge in [-0.15, -0.1) is 0 Å². The fourth-order valence-electron chi connectivity index (χ4n) is 2.72. The van der Waals surface area contributed by atoms with Gasteiger partial charge in [0.25, 0.3) is 0 Å². The zero-order valence-electron chi connectivity index (χ0n) is 18.9. The van der Waals surface area contributed by atoms with Crippen LogP contribution in [0.15, 0.2) is 30.3 Å². The molecule has 0 N–H and O–H groups in total. The van der Waals surface area contributed by atoms with Gasteiger partial charge in [-0.2, -0.15) is 47.9 Å². The van der Waals surface area contributed by atoms with Crippen LogP contribution in [0.5, 0.6) is 11.5 Å². The quantitative estimate of drug-likeness (QED) is 0.142. The normalized spacial score (nSPS) is 13.7. The summed E-state index contributed by atoms with van der Waals surface area (Å²) in [6.07, 6.45) is -7.21. The van der Waals surface area contributed by atoms with Crippen LogP contribution in [0.3, 0.4) is 0 Å². The maximum absolute atomic E-state index is 14.2. The molecule has 0 saturated heterocycles. The molecule has 0 amide bonds. The Labute approximate surface area is 204 Å².